The first-order valence-corrected chi connectivity index (χ1v) is 6.27. The molecule has 2 rings (SSSR count). The van der Waals surface area contributed by atoms with Gasteiger partial charge in [-0.25, -0.2) is 0 Å². The predicted molar refractivity (Wildman–Crippen MR) is 72.1 cm³/mol. The van der Waals surface area contributed by atoms with E-state index in [-0.39, 0.29) is 0 Å². The van der Waals surface area contributed by atoms with Gasteiger partial charge in [-0.3, -0.25) is 4.99 Å². The molecule has 0 aliphatic carbocycles. The Morgan fingerprint density at radius 3 is 2.88 bits per heavy atom. The van der Waals surface area contributed by atoms with Crippen molar-refractivity contribution >= 4 is 5.96 Å². The quantitative estimate of drug-likeness (QED) is 0.867. The first-order chi connectivity index (χ1) is 8.13. The van der Waals surface area contributed by atoms with Crippen molar-refractivity contribution < 1.29 is 0 Å². The zero-order valence-electron chi connectivity index (χ0n) is 10.9. The number of nitrogens with two attached hydrogens (primary N) is 1. The van der Waals surface area contributed by atoms with Gasteiger partial charge in [0.1, 0.15) is 0 Å². The summed E-state index contributed by atoms with van der Waals surface area (Å²) >= 11 is 0. The maximum absolute atomic E-state index is 5.96. The number of hydrogen-bond acceptors (Lipinski definition) is 3. The highest BCUT2D eigenvalue weighted by atomic mass is 15.3. The fraction of sp³-hybridized carbons (Fsp3) is 0.500. The molecule has 3 heteroatoms. The number of benzene rings is 1. The molecule has 0 aromatic heterocycles. The SMILES string of the molecule is CCCN1C(N)=NCC1c1cc(C)ccc1C. The second-order valence-electron chi connectivity index (χ2n) is 4.77. The van der Waals surface area contributed by atoms with Crippen molar-refractivity contribution in [1.29, 1.82) is 0 Å². The third-order valence-electron chi connectivity index (χ3n) is 3.35. The zero-order chi connectivity index (χ0) is 12.4. The topological polar surface area (TPSA) is 41.6 Å². The van der Waals surface area contributed by atoms with Crippen molar-refractivity contribution in [2.45, 2.75) is 33.2 Å². The van der Waals surface area contributed by atoms with Crippen LogP contribution in [0.5, 0.6) is 0 Å². The van der Waals surface area contributed by atoms with Crippen LogP contribution in [0, 0.1) is 13.8 Å². The van der Waals surface area contributed by atoms with E-state index in [1.807, 2.05) is 0 Å². The lowest BCUT2D eigenvalue weighted by Crippen LogP contribution is -2.36. The first-order valence-electron chi connectivity index (χ1n) is 6.27. The highest BCUT2D eigenvalue weighted by molar-refractivity contribution is 5.80. The minimum absolute atomic E-state index is 0.329. The van der Waals surface area contributed by atoms with Crippen LogP contribution in [0.25, 0.3) is 0 Å². The molecule has 1 aromatic rings. The van der Waals surface area contributed by atoms with Crippen molar-refractivity contribution in [3.63, 3.8) is 0 Å². The number of rotatable bonds is 3. The molecule has 3 nitrogen and oxygen atoms in total. The van der Waals surface area contributed by atoms with Crippen LogP contribution in [0.4, 0.5) is 0 Å². The van der Waals surface area contributed by atoms with Gasteiger partial charge in [0, 0.05) is 6.54 Å². The van der Waals surface area contributed by atoms with Crippen LogP contribution in [-0.2, 0) is 0 Å². The summed E-state index contributed by atoms with van der Waals surface area (Å²) in [7, 11) is 0. The van der Waals surface area contributed by atoms with E-state index < -0.39 is 0 Å². The van der Waals surface area contributed by atoms with Gasteiger partial charge in [0.25, 0.3) is 0 Å². The fourth-order valence-electron chi connectivity index (χ4n) is 2.43. The maximum Gasteiger partial charge on any atom is 0.191 e. The molecule has 0 fully saturated rings. The van der Waals surface area contributed by atoms with Gasteiger partial charge < -0.3 is 10.6 Å². The number of aliphatic imine (C=N–C) groups is 1. The van der Waals surface area contributed by atoms with Crippen molar-refractivity contribution in [2.75, 3.05) is 13.1 Å². The van der Waals surface area contributed by atoms with Crippen LogP contribution in [0.1, 0.15) is 36.1 Å². The summed E-state index contributed by atoms with van der Waals surface area (Å²) in [5.74, 6) is 0.692. The minimum Gasteiger partial charge on any atom is -0.370 e. The number of aryl methyl sites for hydroxylation is 2. The average Bonchev–Trinajstić information content (AvgIpc) is 2.65. The van der Waals surface area contributed by atoms with Gasteiger partial charge in [-0.05, 0) is 31.4 Å². The molecule has 0 saturated carbocycles. The van der Waals surface area contributed by atoms with E-state index in [4.69, 9.17) is 5.73 Å². The van der Waals surface area contributed by atoms with Crippen LogP contribution in [-0.4, -0.2) is 23.9 Å². The van der Waals surface area contributed by atoms with Crippen LogP contribution < -0.4 is 5.73 Å². The van der Waals surface area contributed by atoms with Gasteiger partial charge >= 0.3 is 0 Å². The van der Waals surface area contributed by atoms with E-state index in [1.54, 1.807) is 0 Å². The normalized spacial score (nSPS) is 19.6. The van der Waals surface area contributed by atoms with E-state index in [1.165, 1.54) is 16.7 Å². The summed E-state index contributed by atoms with van der Waals surface area (Å²) in [5, 5.41) is 0. The maximum atomic E-state index is 5.96. The van der Waals surface area contributed by atoms with Crippen LogP contribution >= 0.6 is 0 Å². The Labute approximate surface area is 103 Å². The summed E-state index contributed by atoms with van der Waals surface area (Å²) in [6.45, 7) is 8.23. The Hall–Kier alpha value is -1.51. The Kier molecular flexibility index (Phi) is 3.36. The van der Waals surface area contributed by atoms with Gasteiger partial charge in [0.05, 0.1) is 12.6 Å². The molecule has 0 bridgehead atoms. The molecule has 0 amide bonds. The van der Waals surface area contributed by atoms with Crippen LogP contribution in [0.15, 0.2) is 23.2 Å². The number of guanidine groups is 1. The highest BCUT2D eigenvalue weighted by Crippen LogP contribution is 2.28. The molecule has 2 N–H and O–H groups in total. The molecule has 17 heavy (non-hydrogen) atoms. The van der Waals surface area contributed by atoms with Crippen molar-refractivity contribution in [1.82, 2.24) is 4.90 Å². The lowest BCUT2D eigenvalue weighted by Gasteiger charge is -2.27. The largest absolute Gasteiger partial charge is 0.370 e. The third-order valence-corrected chi connectivity index (χ3v) is 3.35. The van der Waals surface area contributed by atoms with Gasteiger partial charge in [0.15, 0.2) is 5.96 Å². The lowest BCUT2D eigenvalue weighted by atomic mass is 9.98. The molecular weight excluding hydrogens is 210 g/mol. The Balaban J connectivity index is 2.30. The van der Waals surface area contributed by atoms with Gasteiger partial charge in [-0.1, -0.05) is 30.7 Å². The number of hydrogen-bond donors (Lipinski definition) is 1. The monoisotopic (exact) mass is 231 g/mol. The first kappa shape index (κ1) is 12.0. The molecule has 1 heterocycles. The summed E-state index contributed by atoms with van der Waals surface area (Å²) in [5.41, 5.74) is 9.94. The number of nitrogens with zero attached hydrogens (tertiary/aromatic N) is 2. The fourth-order valence-corrected chi connectivity index (χ4v) is 2.43. The van der Waals surface area contributed by atoms with Gasteiger partial charge in [0.2, 0.25) is 0 Å². The summed E-state index contributed by atoms with van der Waals surface area (Å²) in [6.07, 6.45) is 1.09. The van der Waals surface area contributed by atoms with Crippen LogP contribution in [0.2, 0.25) is 0 Å². The Morgan fingerprint density at radius 1 is 1.41 bits per heavy atom. The molecule has 1 aliphatic heterocycles. The molecule has 1 unspecified atom stereocenters. The van der Waals surface area contributed by atoms with E-state index in [2.05, 4.69) is 48.9 Å². The van der Waals surface area contributed by atoms with Gasteiger partial charge in [-0.15, -0.1) is 0 Å². The Morgan fingerprint density at radius 2 is 2.18 bits per heavy atom. The van der Waals surface area contributed by atoms with Crippen LogP contribution in [0.3, 0.4) is 0 Å². The molecule has 0 radical (unpaired) electrons. The molecule has 0 saturated heterocycles. The molecule has 1 aliphatic rings. The highest BCUT2D eigenvalue weighted by Gasteiger charge is 2.27. The average molecular weight is 231 g/mol. The van der Waals surface area contributed by atoms with Gasteiger partial charge in [-0.2, -0.15) is 0 Å². The van der Waals surface area contributed by atoms with E-state index in [0.717, 1.165) is 19.5 Å². The summed E-state index contributed by atoms with van der Waals surface area (Å²) in [6, 6.07) is 6.93. The molecule has 1 atom stereocenters. The van der Waals surface area contributed by atoms with E-state index in [0.29, 0.717) is 12.0 Å². The molecule has 1 aromatic carbocycles. The minimum atomic E-state index is 0.329. The van der Waals surface area contributed by atoms with E-state index in [9.17, 15) is 0 Å². The predicted octanol–water partition coefficient (Wildman–Crippen LogP) is 2.38. The second-order valence-corrected chi connectivity index (χ2v) is 4.77. The molecule has 92 valence electrons. The molecular formula is C14H21N3. The van der Waals surface area contributed by atoms with E-state index >= 15 is 0 Å². The van der Waals surface area contributed by atoms with Crippen molar-refractivity contribution in [2.24, 2.45) is 10.7 Å². The van der Waals surface area contributed by atoms with Crippen molar-refractivity contribution in [3.05, 3.63) is 34.9 Å². The third kappa shape index (κ3) is 2.28. The molecule has 0 spiro atoms. The Bertz CT molecular complexity index is 437. The standard InChI is InChI=1S/C14H21N3/c1-4-7-17-13(9-16-14(17)15)12-8-10(2)5-6-11(12)3/h5-6,8,13H,4,7,9H2,1-3H3,(H2,15,16). The zero-order valence-corrected chi connectivity index (χ0v) is 10.9. The summed E-state index contributed by atoms with van der Waals surface area (Å²) < 4.78 is 0. The van der Waals surface area contributed by atoms with Crippen molar-refractivity contribution in [3.8, 4) is 0 Å². The smallest absolute Gasteiger partial charge is 0.191 e. The summed E-state index contributed by atoms with van der Waals surface area (Å²) in [4.78, 5) is 6.61. The lowest BCUT2D eigenvalue weighted by molar-refractivity contribution is 0.346. The second kappa shape index (κ2) is 4.78.